The number of methoxy groups -OCH3 is 1. The second-order valence-electron chi connectivity index (χ2n) is 4.59. The molecule has 0 bridgehead atoms. The third-order valence-electron chi connectivity index (χ3n) is 3.07. The summed E-state index contributed by atoms with van der Waals surface area (Å²) >= 11 is 9.21. The third-order valence-corrected chi connectivity index (χ3v) is 3.83. The van der Waals surface area contributed by atoms with Gasteiger partial charge in [-0.25, -0.2) is 0 Å². The number of carbonyl (C=O) groups excluding carboxylic acids is 1. The van der Waals surface area contributed by atoms with Gasteiger partial charge in [-0.1, -0.05) is 28.1 Å². The highest BCUT2D eigenvalue weighted by molar-refractivity contribution is 9.10. The SMILES string of the molecule is COc1cc(Br)cc(C)c1NC(=O)c1cccc(CCl)c1. The van der Waals surface area contributed by atoms with Crippen LogP contribution < -0.4 is 10.1 Å². The Bertz CT molecular complexity index is 673. The highest BCUT2D eigenvalue weighted by Crippen LogP contribution is 2.32. The summed E-state index contributed by atoms with van der Waals surface area (Å²) in [6.45, 7) is 1.91. The summed E-state index contributed by atoms with van der Waals surface area (Å²) in [7, 11) is 1.57. The molecule has 2 rings (SSSR count). The number of ether oxygens (including phenoxy) is 1. The van der Waals surface area contributed by atoms with E-state index in [0.717, 1.165) is 15.6 Å². The van der Waals surface area contributed by atoms with Gasteiger partial charge in [0.05, 0.1) is 12.8 Å². The average molecular weight is 369 g/mol. The minimum Gasteiger partial charge on any atom is -0.495 e. The van der Waals surface area contributed by atoms with E-state index >= 15 is 0 Å². The highest BCUT2D eigenvalue weighted by Gasteiger charge is 2.13. The van der Waals surface area contributed by atoms with Gasteiger partial charge >= 0.3 is 0 Å². The maximum atomic E-state index is 12.4. The lowest BCUT2D eigenvalue weighted by molar-refractivity contribution is 0.102. The van der Waals surface area contributed by atoms with Gasteiger partial charge in [-0.05, 0) is 42.3 Å². The summed E-state index contributed by atoms with van der Waals surface area (Å²) in [4.78, 5) is 12.4. The number of aryl methyl sites for hydroxylation is 1. The van der Waals surface area contributed by atoms with Crippen LogP contribution in [0.3, 0.4) is 0 Å². The molecule has 0 heterocycles. The first-order valence-corrected chi connectivity index (χ1v) is 7.68. The van der Waals surface area contributed by atoms with Crippen LogP contribution in [0.1, 0.15) is 21.5 Å². The fraction of sp³-hybridized carbons (Fsp3) is 0.188. The van der Waals surface area contributed by atoms with Crippen molar-refractivity contribution in [3.05, 3.63) is 57.6 Å². The van der Waals surface area contributed by atoms with Crippen LogP contribution in [0.2, 0.25) is 0 Å². The highest BCUT2D eigenvalue weighted by atomic mass is 79.9. The van der Waals surface area contributed by atoms with Gasteiger partial charge in [0.15, 0.2) is 0 Å². The van der Waals surface area contributed by atoms with Crippen molar-refractivity contribution >= 4 is 39.1 Å². The van der Waals surface area contributed by atoms with Crippen LogP contribution in [0.5, 0.6) is 5.75 Å². The number of amides is 1. The van der Waals surface area contributed by atoms with Gasteiger partial charge in [0.2, 0.25) is 0 Å². The predicted molar refractivity (Wildman–Crippen MR) is 89.4 cm³/mol. The Labute approximate surface area is 137 Å². The zero-order valence-electron chi connectivity index (χ0n) is 11.7. The van der Waals surface area contributed by atoms with Gasteiger partial charge in [-0.15, -0.1) is 11.6 Å². The van der Waals surface area contributed by atoms with Crippen LogP contribution in [0.25, 0.3) is 0 Å². The zero-order chi connectivity index (χ0) is 15.4. The molecule has 0 fully saturated rings. The van der Waals surface area contributed by atoms with Crippen molar-refractivity contribution in [1.29, 1.82) is 0 Å². The first-order valence-electron chi connectivity index (χ1n) is 6.35. The molecule has 0 atom stereocenters. The van der Waals surface area contributed by atoms with Gasteiger partial charge in [-0.2, -0.15) is 0 Å². The van der Waals surface area contributed by atoms with Crippen LogP contribution >= 0.6 is 27.5 Å². The number of carbonyl (C=O) groups is 1. The van der Waals surface area contributed by atoms with Crippen molar-refractivity contribution in [3.63, 3.8) is 0 Å². The summed E-state index contributed by atoms with van der Waals surface area (Å²) in [5.74, 6) is 0.802. The van der Waals surface area contributed by atoms with Crippen molar-refractivity contribution in [2.24, 2.45) is 0 Å². The maximum Gasteiger partial charge on any atom is 0.255 e. The molecule has 2 aromatic rings. The van der Waals surface area contributed by atoms with Crippen molar-refractivity contribution < 1.29 is 9.53 Å². The van der Waals surface area contributed by atoms with E-state index < -0.39 is 0 Å². The largest absolute Gasteiger partial charge is 0.495 e. The quantitative estimate of drug-likeness (QED) is 0.790. The van der Waals surface area contributed by atoms with E-state index in [1.54, 1.807) is 19.2 Å². The summed E-state index contributed by atoms with van der Waals surface area (Å²) < 4.78 is 6.22. The Morgan fingerprint density at radius 2 is 2.10 bits per heavy atom. The van der Waals surface area contributed by atoms with E-state index in [1.165, 1.54) is 0 Å². The van der Waals surface area contributed by atoms with E-state index in [0.29, 0.717) is 22.9 Å². The molecule has 0 saturated heterocycles. The molecule has 0 aliphatic heterocycles. The Hall–Kier alpha value is -1.52. The molecule has 110 valence electrons. The van der Waals surface area contributed by atoms with Crippen LogP contribution in [0.15, 0.2) is 40.9 Å². The molecule has 0 aliphatic carbocycles. The number of hydrogen-bond acceptors (Lipinski definition) is 2. The summed E-state index contributed by atoms with van der Waals surface area (Å²) in [6.07, 6.45) is 0. The standard InChI is InChI=1S/C16H15BrClNO2/c1-10-6-13(17)8-14(21-2)15(10)19-16(20)12-5-3-4-11(7-12)9-18/h3-8H,9H2,1-2H3,(H,19,20). The third kappa shape index (κ3) is 3.77. The van der Waals surface area contributed by atoms with Crippen molar-refractivity contribution in [2.75, 3.05) is 12.4 Å². The monoisotopic (exact) mass is 367 g/mol. The lowest BCUT2D eigenvalue weighted by atomic mass is 10.1. The molecule has 3 nitrogen and oxygen atoms in total. The maximum absolute atomic E-state index is 12.4. The number of benzene rings is 2. The van der Waals surface area contributed by atoms with Gasteiger partial charge in [0.1, 0.15) is 5.75 Å². The number of alkyl halides is 1. The topological polar surface area (TPSA) is 38.3 Å². The molecule has 0 radical (unpaired) electrons. The van der Waals surface area contributed by atoms with Crippen molar-refractivity contribution in [1.82, 2.24) is 0 Å². The fourth-order valence-corrected chi connectivity index (χ4v) is 2.73. The van der Waals surface area contributed by atoms with E-state index in [9.17, 15) is 4.79 Å². The van der Waals surface area contributed by atoms with E-state index in [1.807, 2.05) is 31.2 Å². The molecule has 5 heteroatoms. The summed E-state index contributed by atoms with van der Waals surface area (Å²) in [6, 6.07) is 11.0. The second kappa shape index (κ2) is 6.96. The first kappa shape index (κ1) is 15.9. The predicted octanol–water partition coefficient (Wildman–Crippen LogP) is 4.76. The van der Waals surface area contributed by atoms with E-state index in [-0.39, 0.29) is 5.91 Å². The molecular formula is C16H15BrClNO2. The minimum atomic E-state index is -0.189. The minimum absolute atomic E-state index is 0.189. The number of rotatable bonds is 4. The van der Waals surface area contributed by atoms with Crippen molar-refractivity contribution in [2.45, 2.75) is 12.8 Å². The molecule has 21 heavy (non-hydrogen) atoms. The lowest BCUT2D eigenvalue weighted by Gasteiger charge is -2.14. The molecule has 0 spiro atoms. The number of nitrogens with one attached hydrogen (secondary N) is 1. The Morgan fingerprint density at radius 3 is 2.76 bits per heavy atom. The van der Waals surface area contributed by atoms with Crippen molar-refractivity contribution in [3.8, 4) is 5.75 Å². The van der Waals surface area contributed by atoms with Crippen LogP contribution in [-0.2, 0) is 5.88 Å². The van der Waals surface area contributed by atoms with Gasteiger partial charge in [-0.3, -0.25) is 4.79 Å². The number of halogens is 2. The molecule has 0 unspecified atom stereocenters. The van der Waals surface area contributed by atoms with Crippen LogP contribution in [0.4, 0.5) is 5.69 Å². The molecule has 0 saturated carbocycles. The Balaban J connectivity index is 2.31. The Morgan fingerprint density at radius 1 is 1.33 bits per heavy atom. The van der Waals surface area contributed by atoms with Crippen LogP contribution in [-0.4, -0.2) is 13.0 Å². The van der Waals surface area contributed by atoms with E-state index in [4.69, 9.17) is 16.3 Å². The lowest BCUT2D eigenvalue weighted by Crippen LogP contribution is -2.14. The fourth-order valence-electron chi connectivity index (χ4n) is 2.01. The second-order valence-corrected chi connectivity index (χ2v) is 5.77. The molecule has 0 aromatic heterocycles. The molecule has 1 amide bonds. The molecule has 1 N–H and O–H groups in total. The zero-order valence-corrected chi connectivity index (χ0v) is 14.1. The van der Waals surface area contributed by atoms with E-state index in [2.05, 4.69) is 21.2 Å². The number of anilines is 1. The van der Waals surface area contributed by atoms with Gasteiger partial charge < -0.3 is 10.1 Å². The Kier molecular flexibility index (Phi) is 5.26. The number of hydrogen-bond donors (Lipinski definition) is 1. The average Bonchev–Trinajstić information content (AvgIpc) is 2.49. The summed E-state index contributed by atoms with van der Waals surface area (Å²) in [5, 5.41) is 2.90. The molecule has 0 aliphatic rings. The van der Waals surface area contributed by atoms with Gasteiger partial charge in [0.25, 0.3) is 5.91 Å². The smallest absolute Gasteiger partial charge is 0.255 e. The normalized spacial score (nSPS) is 10.3. The molecule has 2 aromatic carbocycles. The first-order chi connectivity index (χ1) is 10.0. The summed E-state index contributed by atoms with van der Waals surface area (Å²) in [5.41, 5.74) is 3.06. The van der Waals surface area contributed by atoms with Gasteiger partial charge in [0, 0.05) is 15.9 Å². The molecular weight excluding hydrogens is 354 g/mol. The van der Waals surface area contributed by atoms with Crippen LogP contribution in [0, 0.1) is 6.92 Å².